The number of hydrogen-bond donors (Lipinski definition) is 1. The number of nitrogens with zero attached hydrogens (tertiary/aromatic N) is 1. The van der Waals surface area contributed by atoms with Crippen LogP contribution in [0.5, 0.6) is 0 Å². The first-order chi connectivity index (χ1) is 9.33. The molecular weight excluding hydrogens is 236 g/mol. The summed E-state index contributed by atoms with van der Waals surface area (Å²) in [6.07, 6.45) is 5.23. The third-order valence-corrected chi connectivity index (χ3v) is 3.61. The quantitative estimate of drug-likeness (QED) is 0.909. The molecule has 1 aromatic carbocycles. The van der Waals surface area contributed by atoms with Crippen LogP contribution in [0, 0.1) is 5.92 Å². The highest BCUT2D eigenvalue weighted by Gasteiger charge is 2.26. The fourth-order valence-corrected chi connectivity index (χ4v) is 2.58. The van der Waals surface area contributed by atoms with Gasteiger partial charge in [0.1, 0.15) is 0 Å². The first-order valence-electron chi connectivity index (χ1n) is 6.56. The highest BCUT2D eigenvalue weighted by atomic mass is 16.1. The van der Waals surface area contributed by atoms with Gasteiger partial charge in [0.2, 0.25) is 5.91 Å². The molecule has 0 aliphatic heterocycles. The number of rotatable bonds is 3. The molecule has 0 bridgehead atoms. The van der Waals surface area contributed by atoms with Crippen LogP contribution in [0.15, 0.2) is 48.8 Å². The summed E-state index contributed by atoms with van der Waals surface area (Å²) in [5.41, 5.74) is 3.65. The average Bonchev–Trinajstić information content (AvgIpc) is 2.90. The van der Waals surface area contributed by atoms with Gasteiger partial charge in [0.15, 0.2) is 0 Å². The Hall–Kier alpha value is -2.16. The van der Waals surface area contributed by atoms with Gasteiger partial charge < -0.3 is 5.32 Å². The van der Waals surface area contributed by atoms with Crippen molar-refractivity contribution >= 4 is 5.91 Å². The molecule has 1 aromatic heterocycles. The van der Waals surface area contributed by atoms with Crippen LogP contribution in [0.1, 0.15) is 16.7 Å². The number of nitrogens with one attached hydrogen (secondary N) is 1. The Kier molecular flexibility index (Phi) is 3.27. The lowest BCUT2D eigenvalue weighted by atomic mass is 10.1. The molecule has 1 aliphatic rings. The predicted molar refractivity (Wildman–Crippen MR) is 73.4 cm³/mol. The standard InChI is InChI=1S/C16H16N2O/c19-16(18-11-12-4-3-7-17-10-12)15-8-13-5-1-2-6-14(13)9-15/h1-7,10,15H,8-9,11H2,(H,18,19). The van der Waals surface area contributed by atoms with Gasteiger partial charge in [-0.05, 0) is 35.6 Å². The SMILES string of the molecule is O=C(NCc1cccnc1)C1Cc2ccccc2C1. The summed E-state index contributed by atoms with van der Waals surface area (Å²) in [5.74, 6) is 0.217. The van der Waals surface area contributed by atoms with Crippen LogP contribution in [-0.4, -0.2) is 10.9 Å². The van der Waals surface area contributed by atoms with E-state index in [1.807, 2.05) is 24.3 Å². The van der Waals surface area contributed by atoms with Crippen molar-refractivity contribution < 1.29 is 4.79 Å². The van der Waals surface area contributed by atoms with Crippen molar-refractivity contribution in [3.63, 3.8) is 0 Å². The molecule has 1 aliphatic carbocycles. The number of hydrogen-bond acceptors (Lipinski definition) is 2. The van der Waals surface area contributed by atoms with Crippen molar-refractivity contribution in [3.05, 3.63) is 65.5 Å². The summed E-state index contributed by atoms with van der Waals surface area (Å²) in [4.78, 5) is 16.2. The monoisotopic (exact) mass is 252 g/mol. The molecule has 0 saturated carbocycles. The Morgan fingerprint density at radius 1 is 1.16 bits per heavy atom. The van der Waals surface area contributed by atoms with Crippen LogP contribution in [0.25, 0.3) is 0 Å². The van der Waals surface area contributed by atoms with Gasteiger partial charge in [-0.15, -0.1) is 0 Å². The Balaban J connectivity index is 1.58. The molecule has 0 fully saturated rings. The van der Waals surface area contributed by atoms with Crippen LogP contribution < -0.4 is 5.32 Å². The second kappa shape index (κ2) is 5.22. The normalized spacial score (nSPS) is 14.1. The maximum atomic E-state index is 12.2. The molecule has 1 amide bonds. The van der Waals surface area contributed by atoms with E-state index in [4.69, 9.17) is 0 Å². The van der Waals surface area contributed by atoms with E-state index in [-0.39, 0.29) is 11.8 Å². The van der Waals surface area contributed by atoms with Gasteiger partial charge in [-0.25, -0.2) is 0 Å². The summed E-state index contributed by atoms with van der Waals surface area (Å²) in [6, 6.07) is 12.2. The van der Waals surface area contributed by atoms with E-state index in [1.165, 1.54) is 11.1 Å². The lowest BCUT2D eigenvalue weighted by Gasteiger charge is -2.10. The highest BCUT2D eigenvalue weighted by molar-refractivity contribution is 5.80. The van der Waals surface area contributed by atoms with E-state index in [1.54, 1.807) is 12.4 Å². The molecule has 0 atom stereocenters. The first kappa shape index (κ1) is 11.9. The number of benzene rings is 1. The lowest BCUT2D eigenvalue weighted by molar-refractivity contribution is -0.124. The van der Waals surface area contributed by atoms with Crippen molar-refractivity contribution in [2.75, 3.05) is 0 Å². The molecule has 1 heterocycles. The molecule has 96 valence electrons. The van der Waals surface area contributed by atoms with Crippen molar-refractivity contribution in [3.8, 4) is 0 Å². The first-order valence-corrected chi connectivity index (χ1v) is 6.56. The third-order valence-electron chi connectivity index (χ3n) is 3.61. The molecule has 0 saturated heterocycles. The number of carbonyl (C=O) groups is 1. The molecule has 3 nitrogen and oxygen atoms in total. The fraction of sp³-hybridized carbons (Fsp3) is 0.250. The minimum absolute atomic E-state index is 0.0778. The molecular formula is C16H16N2O. The number of fused-ring (bicyclic) bond motifs is 1. The fourth-order valence-electron chi connectivity index (χ4n) is 2.58. The largest absolute Gasteiger partial charge is 0.352 e. The zero-order valence-corrected chi connectivity index (χ0v) is 10.7. The van der Waals surface area contributed by atoms with Crippen molar-refractivity contribution in [1.29, 1.82) is 0 Å². The van der Waals surface area contributed by atoms with Crippen LogP contribution in [0.3, 0.4) is 0 Å². The van der Waals surface area contributed by atoms with Gasteiger partial charge in [-0.3, -0.25) is 9.78 Å². The van der Waals surface area contributed by atoms with E-state index >= 15 is 0 Å². The second-order valence-corrected chi connectivity index (χ2v) is 4.95. The third kappa shape index (κ3) is 2.65. The van der Waals surface area contributed by atoms with Gasteiger partial charge in [0, 0.05) is 24.9 Å². The summed E-state index contributed by atoms with van der Waals surface area (Å²) in [5, 5.41) is 3.00. The van der Waals surface area contributed by atoms with Crippen molar-refractivity contribution in [2.24, 2.45) is 5.92 Å². The topological polar surface area (TPSA) is 42.0 Å². The van der Waals surface area contributed by atoms with Crippen LogP contribution >= 0.6 is 0 Å². The van der Waals surface area contributed by atoms with Gasteiger partial charge in [0.25, 0.3) is 0 Å². The van der Waals surface area contributed by atoms with E-state index < -0.39 is 0 Å². The zero-order chi connectivity index (χ0) is 13.1. The molecule has 0 spiro atoms. The van der Waals surface area contributed by atoms with Crippen LogP contribution in [0.2, 0.25) is 0 Å². The van der Waals surface area contributed by atoms with E-state index in [9.17, 15) is 4.79 Å². The Morgan fingerprint density at radius 3 is 2.53 bits per heavy atom. The Labute approximate surface area is 112 Å². The summed E-state index contributed by atoms with van der Waals surface area (Å²) in [7, 11) is 0. The second-order valence-electron chi connectivity index (χ2n) is 4.95. The molecule has 0 radical (unpaired) electrons. The van der Waals surface area contributed by atoms with Crippen molar-refractivity contribution in [1.82, 2.24) is 10.3 Å². The molecule has 3 rings (SSSR count). The molecule has 0 unspecified atom stereocenters. The van der Waals surface area contributed by atoms with E-state index in [0.717, 1.165) is 18.4 Å². The van der Waals surface area contributed by atoms with Gasteiger partial charge >= 0.3 is 0 Å². The lowest BCUT2D eigenvalue weighted by Crippen LogP contribution is -2.30. The molecule has 3 heteroatoms. The zero-order valence-electron chi connectivity index (χ0n) is 10.7. The van der Waals surface area contributed by atoms with Gasteiger partial charge in [0.05, 0.1) is 0 Å². The predicted octanol–water partition coefficient (Wildman–Crippen LogP) is 2.11. The van der Waals surface area contributed by atoms with Gasteiger partial charge in [-0.1, -0.05) is 30.3 Å². The van der Waals surface area contributed by atoms with Gasteiger partial charge in [-0.2, -0.15) is 0 Å². The number of carbonyl (C=O) groups excluding carboxylic acids is 1. The minimum atomic E-state index is 0.0778. The number of aromatic nitrogens is 1. The molecule has 19 heavy (non-hydrogen) atoms. The van der Waals surface area contributed by atoms with Crippen LogP contribution in [-0.2, 0) is 24.2 Å². The summed E-state index contributed by atoms with van der Waals surface area (Å²) in [6.45, 7) is 0.555. The summed E-state index contributed by atoms with van der Waals surface area (Å²) < 4.78 is 0. The Morgan fingerprint density at radius 2 is 1.89 bits per heavy atom. The van der Waals surface area contributed by atoms with Crippen molar-refractivity contribution in [2.45, 2.75) is 19.4 Å². The smallest absolute Gasteiger partial charge is 0.224 e. The molecule has 1 N–H and O–H groups in total. The number of amides is 1. The van der Waals surface area contributed by atoms with Crippen LogP contribution in [0.4, 0.5) is 0 Å². The highest BCUT2D eigenvalue weighted by Crippen LogP contribution is 2.26. The maximum Gasteiger partial charge on any atom is 0.224 e. The molecule has 2 aromatic rings. The van der Waals surface area contributed by atoms with E-state index in [2.05, 4.69) is 22.4 Å². The number of pyridine rings is 1. The maximum absolute atomic E-state index is 12.2. The Bertz CT molecular complexity index is 555. The summed E-state index contributed by atoms with van der Waals surface area (Å²) >= 11 is 0. The minimum Gasteiger partial charge on any atom is -0.352 e. The average molecular weight is 252 g/mol. The van der Waals surface area contributed by atoms with E-state index in [0.29, 0.717) is 6.54 Å².